The summed E-state index contributed by atoms with van der Waals surface area (Å²) in [5.74, 6) is -0.00290. The first-order chi connectivity index (χ1) is 17.5. The third kappa shape index (κ3) is 7.05. The smallest absolute Gasteiger partial charge is 0.255 e. The Balaban J connectivity index is 1.92. The Labute approximate surface area is 216 Å². The van der Waals surface area contributed by atoms with Crippen molar-refractivity contribution < 1.29 is 9.59 Å². The van der Waals surface area contributed by atoms with Gasteiger partial charge in [0.15, 0.2) is 0 Å². The maximum absolute atomic E-state index is 13.0. The molecule has 1 atom stereocenters. The number of likely N-dealkylation sites (N-methyl/N-ethyl adjacent to an activating group) is 1. The highest BCUT2D eigenvalue weighted by molar-refractivity contribution is 6.04. The van der Waals surface area contributed by atoms with Crippen LogP contribution in [-0.2, 0) is 4.79 Å². The highest BCUT2D eigenvalue weighted by Gasteiger charge is 2.21. The number of allylic oxidation sites excluding steroid dienone is 3. The Hall–Kier alpha value is -3.44. The van der Waals surface area contributed by atoms with Crippen molar-refractivity contribution in [2.24, 2.45) is 5.92 Å². The third-order valence-electron chi connectivity index (χ3n) is 6.78. The van der Waals surface area contributed by atoms with E-state index in [2.05, 4.69) is 23.3 Å². The lowest BCUT2D eigenvalue weighted by Crippen LogP contribution is -2.31. The molecular weight excluding hydrogens is 446 g/mol. The third-order valence-corrected chi connectivity index (χ3v) is 6.78. The van der Waals surface area contributed by atoms with Crippen molar-refractivity contribution in [3.05, 3.63) is 95.6 Å². The van der Waals surface area contributed by atoms with E-state index >= 15 is 0 Å². The van der Waals surface area contributed by atoms with Crippen LogP contribution in [0.15, 0.2) is 84.5 Å². The molecule has 2 aromatic carbocycles. The number of anilines is 1. The minimum atomic E-state index is -0.131. The topological polar surface area (TPSA) is 61.4 Å². The van der Waals surface area contributed by atoms with E-state index in [1.54, 1.807) is 0 Å². The number of hydrogen-bond acceptors (Lipinski definition) is 3. The zero-order chi connectivity index (χ0) is 25.9. The quantitative estimate of drug-likeness (QED) is 0.317. The number of para-hydroxylation sites is 1. The predicted octanol–water partition coefficient (Wildman–Crippen LogP) is 6.08. The number of hydrogen-bond donors (Lipinski definition) is 2. The molecule has 1 heterocycles. The predicted molar refractivity (Wildman–Crippen MR) is 150 cm³/mol. The van der Waals surface area contributed by atoms with E-state index in [-0.39, 0.29) is 17.7 Å². The van der Waals surface area contributed by atoms with Gasteiger partial charge in [-0.25, -0.2) is 0 Å². The Morgan fingerprint density at radius 2 is 1.69 bits per heavy atom. The summed E-state index contributed by atoms with van der Waals surface area (Å²) in [5.41, 5.74) is 5.80. The summed E-state index contributed by atoms with van der Waals surface area (Å²) < 4.78 is 0. The molecule has 0 aromatic heterocycles. The Morgan fingerprint density at radius 1 is 1.03 bits per heavy atom. The van der Waals surface area contributed by atoms with E-state index in [0.29, 0.717) is 25.1 Å². The van der Waals surface area contributed by atoms with Crippen LogP contribution in [0.25, 0.3) is 5.57 Å². The van der Waals surface area contributed by atoms with Crippen LogP contribution in [0.2, 0.25) is 0 Å². The van der Waals surface area contributed by atoms with Crippen LogP contribution in [0.3, 0.4) is 0 Å². The monoisotopic (exact) mass is 485 g/mol. The molecule has 0 radical (unpaired) electrons. The highest BCUT2D eigenvalue weighted by Crippen LogP contribution is 2.35. The fourth-order valence-electron chi connectivity index (χ4n) is 4.71. The van der Waals surface area contributed by atoms with E-state index in [9.17, 15) is 9.59 Å². The summed E-state index contributed by atoms with van der Waals surface area (Å²) in [4.78, 5) is 27.6. The molecule has 2 amide bonds. The number of carbonyl (C=O) groups excluding carboxylic acids is 2. The van der Waals surface area contributed by atoms with Gasteiger partial charge in [0, 0.05) is 35.8 Å². The van der Waals surface area contributed by atoms with Gasteiger partial charge in [-0.05, 0) is 88.5 Å². The molecule has 1 aliphatic rings. The second-order valence-corrected chi connectivity index (χ2v) is 9.11. The Kier molecular flexibility index (Phi) is 10.3. The van der Waals surface area contributed by atoms with Gasteiger partial charge in [0.1, 0.15) is 0 Å². The molecule has 1 unspecified atom stereocenters. The molecule has 1 fully saturated rings. The molecule has 5 heteroatoms. The van der Waals surface area contributed by atoms with Gasteiger partial charge in [0.25, 0.3) is 5.91 Å². The summed E-state index contributed by atoms with van der Waals surface area (Å²) >= 11 is 0. The Bertz CT molecular complexity index is 1110. The van der Waals surface area contributed by atoms with Gasteiger partial charge in [-0.3, -0.25) is 9.59 Å². The zero-order valence-corrected chi connectivity index (χ0v) is 21.8. The molecule has 0 bridgehead atoms. The number of rotatable bonds is 10. The van der Waals surface area contributed by atoms with Gasteiger partial charge >= 0.3 is 0 Å². The normalized spacial score (nSPS) is 14.6. The van der Waals surface area contributed by atoms with Gasteiger partial charge in [0.05, 0.1) is 0 Å². The van der Waals surface area contributed by atoms with Gasteiger partial charge in [0.2, 0.25) is 5.91 Å². The van der Waals surface area contributed by atoms with Crippen molar-refractivity contribution in [3.8, 4) is 0 Å². The highest BCUT2D eigenvalue weighted by atomic mass is 16.2. The number of nitrogens with zero attached hydrogens (tertiary/aromatic N) is 1. The van der Waals surface area contributed by atoms with Crippen molar-refractivity contribution in [1.29, 1.82) is 0 Å². The van der Waals surface area contributed by atoms with E-state index in [0.717, 1.165) is 42.8 Å². The van der Waals surface area contributed by atoms with Crippen molar-refractivity contribution in [2.45, 2.75) is 40.0 Å². The van der Waals surface area contributed by atoms with E-state index in [4.69, 9.17) is 0 Å². The van der Waals surface area contributed by atoms with E-state index in [1.165, 1.54) is 11.1 Å². The molecule has 0 aliphatic carbocycles. The molecule has 1 aliphatic heterocycles. The van der Waals surface area contributed by atoms with Crippen molar-refractivity contribution >= 4 is 23.1 Å². The number of nitrogens with one attached hydrogen (secondary N) is 2. The summed E-state index contributed by atoms with van der Waals surface area (Å²) in [6.45, 7) is 13.3. The summed E-state index contributed by atoms with van der Waals surface area (Å²) in [6.07, 6.45) is 6.63. The minimum absolute atomic E-state index is 0.0463. The fraction of sp³-hybridized carbons (Fsp3) is 0.355. The van der Waals surface area contributed by atoms with Gasteiger partial charge < -0.3 is 15.5 Å². The lowest BCUT2D eigenvalue weighted by Gasteiger charge is -2.25. The largest absolute Gasteiger partial charge is 0.340 e. The number of benzene rings is 2. The average Bonchev–Trinajstić information content (AvgIpc) is 2.92. The standard InChI is InChI=1S/C31H39N3O2/c1-5-24(17-16-23(4)31(36)34(6-2)7-3)29(25-18-20-32-21-19-25)26-12-11-13-27(22-26)30(35)33-28-14-9-8-10-15-28/h5,8-16,22,24,32H,1,6-7,17-21H2,2-4H3,(H,33,35)/b23-16+. The molecule has 36 heavy (non-hydrogen) atoms. The van der Waals surface area contributed by atoms with Crippen LogP contribution < -0.4 is 10.6 Å². The van der Waals surface area contributed by atoms with E-state index in [1.807, 2.05) is 86.4 Å². The molecule has 0 saturated carbocycles. The first-order valence-electron chi connectivity index (χ1n) is 13.0. The second kappa shape index (κ2) is 13.6. The molecule has 190 valence electrons. The lowest BCUT2D eigenvalue weighted by atomic mass is 9.82. The van der Waals surface area contributed by atoms with Crippen LogP contribution in [-0.4, -0.2) is 42.9 Å². The molecule has 5 nitrogen and oxygen atoms in total. The van der Waals surface area contributed by atoms with Gasteiger partial charge in [-0.2, -0.15) is 0 Å². The molecule has 2 N–H and O–H groups in total. The summed E-state index contributed by atoms with van der Waals surface area (Å²) in [7, 11) is 0. The van der Waals surface area contributed by atoms with Crippen molar-refractivity contribution in [2.75, 3.05) is 31.5 Å². The molecule has 3 rings (SSSR count). The number of piperidine rings is 1. The molecule has 1 saturated heterocycles. The maximum Gasteiger partial charge on any atom is 0.255 e. The van der Waals surface area contributed by atoms with Crippen LogP contribution in [0.4, 0.5) is 5.69 Å². The SMILES string of the molecule is C=CC(C/C=C(\C)C(=O)N(CC)CC)C(=C1CCNCC1)c1cccc(C(=O)Nc2ccccc2)c1. The summed E-state index contributed by atoms with van der Waals surface area (Å²) in [5, 5.41) is 6.42. The zero-order valence-electron chi connectivity index (χ0n) is 21.8. The first-order valence-corrected chi connectivity index (χ1v) is 13.0. The number of carbonyl (C=O) groups is 2. The minimum Gasteiger partial charge on any atom is -0.340 e. The number of amides is 2. The van der Waals surface area contributed by atoms with Crippen molar-refractivity contribution in [1.82, 2.24) is 10.2 Å². The first kappa shape index (κ1) is 27.2. The van der Waals surface area contributed by atoms with Crippen LogP contribution >= 0.6 is 0 Å². The fourth-order valence-corrected chi connectivity index (χ4v) is 4.71. The Morgan fingerprint density at radius 3 is 2.33 bits per heavy atom. The summed E-state index contributed by atoms with van der Waals surface area (Å²) in [6, 6.07) is 17.4. The van der Waals surface area contributed by atoms with Gasteiger partial charge in [-0.15, -0.1) is 6.58 Å². The lowest BCUT2D eigenvalue weighted by molar-refractivity contribution is -0.126. The maximum atomic E-state index is 13.0. The van der Waals surface area contributed by atoms with Crippen molar-refractivity contribution in [3.63, 3.8) is 0 Å². The molecule has 0 spiro atoms. The molecule has 2 aromatic rings. The average molecular weight is 486 g/mol. The van der Waals surface area contributed by atoms with E-state index < -0.39 is 0 Å². The molecular formula is C31H39N3O2. The van der Waals surface area contributed by atoms with Gasteiger partial charge in [-0.1, -0.05) is 48.1 Å². The van der Waals surface area contributed by atoms with Crippen LogP contribution in [0.5, 0.6) is 0 Å². The second-order valence-electron chi connectivity index (χ2n) is 9.11. The van der Waals surface area contributed by atoms with Crippen LogP contribution in [0, 0.1) is 5.92 Å². The van der Waals surface area contributed by atoms with Crippen LogP contribution in [0.1, 0.15) is 56.0 Å².